The molecule has 1 atom stereocenters. The Bertz CT molecular complexity index is 526. The first kappa shape index (κ1) is 13.4. The van der Waals surface area contributed by atoms with Crippen LogP contribution in [0.15, 0.2) is 18.2 Å². The second-order valence-corrected chi connectivity index (χ2v) is 4.74. The second kappa shape index (κ2) is 4.93. The molecule has 102 valence electrons. The first-order valence-corrected chi connectivity index (χ1v) is 5.75. The minimum Gasteiger partial charge on any atom is -0.379 e. The molecule has 6 nitrogen and oxygen atoms in total. The van der Waals surface area contributed by atoms with Crippen LogP contribution in [0.4, 0.5) is 10.1 Å². The van der Waals surface area contributed by atoms with Crippen LogP contribution in [0.1, 0.15) is 23.7 Å². The van der Waals surface area contributed by atoms with Gasteiger partial charge in [-0.2, -0.15) is 4.39 Å². The smallest absolute Gasteiger partial charge is 0.304 e. The summed E-state index contributed by atoms with van der Waals surface area (Å²) in [6, 6.07) is 3.08. The van der Waals surface area contributed by atoms with Crippen LogP contribution in [0.5, 0.6) is 0 Å². The molecule has 0 bridgehead atoms. The van der Waals surface area contributed by atoms with Crippen LogP contribution in [-0.2, 0) is 4.74 Å². The van der Waals surface area contributed by atoms with Crippen LogP contribution in [0.25, 0.3) is 0 Å². The highest BCUT2D eigenvalue weighted by molar-refractivity contribution is 5.95. The first-order valence-electron chi connectivity index (χ1n) is 5.75. The highest BCUT2D eigenvalue weighted by atomic mass is 19.1. The third-order valence-electron chi connectivity index (χ3n) is 3.04. The largest absolute Gasteiger partial charge is 0.379 e. The van der Waals surface area contributed by atoms with Crippen LogP contribution in [0, 0.1) is 15.9 Å². The second-order valence-electron chi connectivity index (χ2n) is 4.74. The topological polar surface area (TPSA) is 81.5 Å². The minimum atomic E-state index is -1.02. The number of halogens is 1. The number of ether oxygens (including phenoxy) is 1. The van der Waals surface area contributed by atoms with E-state index in [0.717, 1.165) is 12.1 Å². The summed E-state index contributed by atoms with van der Waals surface area (Å²) in [6.07, 6.45) is 0.675. The fourth-order valence-corrected chi connectivity index (χ4v) is 1.91. The lowest BCUT2D eigenvalue weighted by Crippen LogP contribution is -2.46. The summed E-state index contributed by atoms with van der Waals surface area (Å²) in [6.45, 7) is 2.79. The summed E-state index contributed by atoms with van der Waals surface area (Å²) in [7, 11) is 0. The number of nitrogens with one attached hydrogen (secondary N) is 1. The van der Waals surface area contributed by atoms with Gasteiger partial charge in [0, 0.05) is 18.2 Å². The summed E-state index contributed by atoms with van der Waals surface area (Å²) in [5.41, 5.74) is -1.07. The number of carbonyl (C=O) groups excluding carboxylic acids is 1. The normalized spacial score (nSPS) is 22.2. The predicted molar refractivity (Wildman–Crippen MR) is 64.4 cm³/mol. The number of rotatable bonds is 3. The number of carbonyl (C=O) groups is 1. The Morgan fingerprint density at radius 2 is 2.32 bits per heavy atom. The Balaban J connectivity index is 2.16. The van der Waals surface area contributed by atoms with Crippen LogP contribution in [0.2, 0.25) is 0 Å². The molecule has 19 heavy (non-hydrogen) atoms. The molecule has 1 unspecified atom stereocenters. The third-order valence-corrected chi connectivity index (χ3v) is 3.04. The molecule has 1 aliphatic rings. The number of nitrogens with zero attached hydrogens (tertiary/aromatic N) is 1. The maximum Gasteiger partial charge on any atom is 0.304 e. The SMILES string of the molecule is CC1(NC(=O)c2ccc([N+](=O)[O-])c(F)c2)CCOC1. The summed E-state index contributed by atoms with van der Waals surface area (Å²) < 4.78 is 18.6. The molecule has 0 saturated carbocycles. The van der Waals surface area contributed by atoms with E-state index in [1.165, 1.54) is 6.07 Å². The van der Waals surface area contributed by atoms with E-state index in [-0.39, 0.29) is 5.56 Å². The molecular formula is C12H13FN2O4. The maximum atomic E-state index is 13.4. The van der Waals surface area contributed by atoms with Crippen molar-refractivity contribution in [3.63, 3.8) is 0 Å². The van der Waals surface area contributed by atoms with Crippen LogP contribution < -0.4 is 5.32 Å². The predicted octanol–water partition coefficient (Wildman–Crippen LogP) is 1.64. The average Bonchev–Trinajstić information content (AvgIpc) is 2.75. The first-order chi connectivity index (χ1) is 8.91. The van der Waals surface area contributed by atoms with Gasteiger partial charge in [-0.1, -0.05) is 0 Å². The summed E-state index contributed by atoms with van der Waals surface area (Å²) in [5, 5.41) is 13.2. The lowest BCUT2D eigenvalue weighted by atomic mass is 10.0. The van der Waals surface area contributed by atoms with Gasteiger partial charge < -0.3 is 10.1 Å². The van der Waals surface area contributed by atoms with Gasteiger partial charge >= 0.3 is 5.69 Å². The molecule has 1 fully saturated rings. The number of benzene rings is 1. The molecule has 1 aliphatic heterocycles. The molecule has 7 heteroatoms. The van der Waals surface area contributed by atoms with Crippen molar-refractivity contribution in [2.45, 2.75) is 18.9 Å². The van der Waals surface area contributed by atoms with Crippen molar-refractivity contribution >= 4 is 11.6 Å². The average molecular weight is 268 g/mol. The monoisotopic (exact) mass is 268 g/mol. The van der Waals surface area contributed by atoms with Crippen molar-refractivity contribution in [3.8, 4) is 0 Å². The lowest BCUT2D eigenvalue weighted by Gasteiger charge is -2.23. The molecule has 1 amide bonds. The van der Waals surface area contributed by atoms with Crippen molar-refractivity contribution in [1.29, 1.82) is 0 Å². The van der Waals surface area contributed by atoms with Crippen molar-refractivity contribution < 1.29 is 18.8 Å². The molecular weight excluding hydrogens is 255 g/mol. The highest BCUT2D eigenvalue weighted by Crippen LogP contribution is 2.21. The molecule has 1 aromatic carbocycles. The molecule has 0 aliphatic carbocycles. The summed E-state index contributed by atoms with van der Waals surface area (Å²) >= 11 is 0. The van der Waals surface area contributed by atoms with E-state index >= 15 is 0 Å². The number of amides is 1. The standard InChI is InChI=1S/C12H13FN2O4/c1-12(4-5-19-7-12)14-11(16)8-2-3-10(15(17)18)9(13)6-8/h2-3,6H,4-5,7H2,1H3,(H,14,16). The third kappa shape index (κ3) is 2.87. The molecule has 1 aromatic rings. The molecule has 0 radical (unpaired) electrons. The van der Waals surface area contributed by atoms with E-state index in [1.54, 1.807) is 0 Å². The van der Waals surface area contributed by atoms with E-state index in [0.29, 0.717) is 19.6 Å². The van der Waals surface area contributed by atoms with Gasteiger partial charge in [0.2, 0.25) is 5.82 Å². The van der Waals surface area contributed by atoms with E-state index in [9.17, 15) is 19.3 Å². The zero-order chi connectivity index (χ0) is 14.0. The minimum absolute atomic E-state index is 0.0521. The van der Waals surface area contributed by atoms with E-state index in [4.69, 9.17) is 4.74 Å². The maximum absolute atomic E-state index is 13.4. The van der Waals surface area contributed by atoms with Crippen molar-refractivity contribution in [2.75, 3.05) is 13.2 Å². The highest BCUT2D eigenvalue weighted by Gasteiger charge is 2.31. The van der Waals surface area contributed by atoms with E-state index < -0.39 is 27.9 Å². The number of nitro groups is 1. The zero-order valence-corrected chi connectivity index (χ0v) is 10.3. The zero-order valence-electron chi connectivity index (χ0n) is 10.3. The number of hydrogen-bond donors (Lipinski definition) is 1. The number of hydrogen-bond acceptors (Lipinski definition) is 4. The Morgan fingerprint density at radius 3 is 2.84 bits per heavy atom. The van der Waals surface area contributed by atoms with Gasteiger partial charge in [-0.25, -0.2) is 0 Å². The van der Waals surface area contributed by atoms with Gasteiger partial charge in [0.25, 0.3) is 5.91 Å². The van der Waals surface area contributed by atoms with Gasteiger partial charge in [0.1, 0.15) is 0 Å². The van der Waals surface area contributed by atoms with Gasteiger partial charge in [0.05, 0.1) is 17.1 Å². The fourth-order valence-electron chi connectivity index (χ4n) is 1.91. The van der Waals surface area contributed by atoms with E-state index in [2.05, 4.69) is 5.32 Å². The number of nitro benzene ring substituents is 1. The van der Waals surface area contributed by atoms with Crippen LogP contribution in [0.3, 0.4) is 0 Å². The summed E-state index contributed by atoms with van der Waals surface area (Å²) in [5.74, 6) is -1.49. The molecule has 0 aromatic heterocycles. The van der Waals surface area contributed by atoms with Gasteiger partial charge in [-0.15, -0.1) is 0 Å². The molecule has 1 N–H and O–H groups in total. The molecule has 0 spiro atoms. The van der Waals surface area contributed by atoms with Crippen molar-refractivity contribution in [1.82, 2.24) is 5.32 Å². The van der Waals surface area contributed by atoms with Crippen LogP contribution >= 0.6 is 0 Å². The molecule has 2 rings (SSSR count). The van der Waals surface area contributed by atoms with Crippen LogP contribution in [-0.4, -0.2) is 29.6 Å². The molecule has 1 saturated heterocycles. The van der Waals surface area contributed by atoms with Crippen molar-refractivity contribution in [3.05, 3.63) is 39.7 Å². The quantitative estimate of drug-likeness (QED) is 0.667. The Kier molecular flexibility index (Phi) is 3.48. The van der Waals surface area contributed by atoms with Gasteiger partial charge in [0.15, 0.2) is 0 Å². The lowest BCUT2D eigenvalue weighted by molar-refractivity contribution is -0.387. The Morgan fingerprint density at radius 1 is 1.58 bits per heavy atom. The Labute approximate surface area is 108 Å². The van der Waals surface area contributed by atoms with Gasteiger partial charge in [-0.05, 0) is 25.5 Å². The summed E-state index contributed by atoms with van der Waals surface area (Å²) in [4.78, 5) is 21.6. The molecule has 1 heterocycles. The Hall–Kier alpha value is -2.02. The fraction of sp³-hybridized carbons (Fsp3) is 0.417. The van der Waals surface area contributed by atoms with Crippen molar-refractivity contribution in [2.24, 2.45) is 0 Å². The van der Waals surface area contributed by atoms with E-state index in [1.807, 2.05) is 6.92 Å². The van der Waals surface area contributed by atoms with Gasteiger partial charge in [-0.3, -0.25) is 14.9 Å².